The maximum Gasteiger partial charge on any atom is 0.311 e. The lowest BCUT2D eigenvalue weighted by Crippen LogP contribution is -2.48. The van der Waals surface area contributed by atoms with Crippen molar-refractivity contribution in [3.05, 3.63) is 33.9 Å². The number of rotatable bonds is 6. The van der Waals surface area contributed by atoms with Crippen LogP contribution in [0.25, 0.3) is 0 Å². The minimum absolute atomic E-state index is 0.121. The van der Waals surface area contributed by atoms with E-state index in [-0.39, 0.29) is 22.9 Å². The summed E-state index contributed by atoms with van der Waals surface area (Å²) in [4.78, 5) is 22.5. The van der Waals surface area contributed by atoms with Gasteiger partial charge in [0.05, 0.1) is 17.6 Å². The molecule has 0 radical (unpaired) electrons. The Balaban J connectivity index is 3.06. The van der Waals surface area contributed by atoms with E-state index in [1.54, 1.807) is 0 Å². The molecule has 0 spiro atoms. The van der Waals surface area contributed by atoms with Gasteiger partial charge in [-0.1, -0.05) is 31.9 Å². The van der Waals surface area contributed by atoms with E-state index in [0.717, 1.165) is 0 Å². The van der Waals surface area contributed by atoms with Crippen LogP contribution in [0.4, 0.5) is 5.69 Å². The number of nitro groups is 1. The number of nitro benzene ring substituents is 1. The van der Waals surface area contributed by atoms with Crippen molar-refractivity contribution in [3.8, 4) is 5.75 Å². The predicted molar refractivity (Wildman–Crippen MR) is 83.1 cm³/mol. The molecule has 6 nitrogen and oxygen atoms in total. The summed E-state index contributed by atoms with van der Waals surface area (Å²) in [5.41, 5.74) is -0.503. The lowest BCUT2D eigenvalue weighted by molar-refractivity contribution is -0.385. The fourth-order valence-corrected chi connectivity index (χ4v) is 2.63. The van der Waals surface area contributed by atoms with Gasteiger partial charge in [0.1, 0.15) is 0 Å². The average Bonchev–Trinajstić information content (AvgIpc) is 2.46. The quantitative estimate of drug-likeness (QED) is 0.445. The van der Waals surface area contributed by atoms with Gasteiger partial charge in [-0.3, -0.25) is 14.9 Å². The highest BCUT2D eigenvalue weighted by Gasteiger charge is 2.26. The molecule has 0 aliphatic carbocycles. The van der Waals surface area contributed by atoms with Gasteiger partial charge in [-0.2, -0.15) is 0 Å². The molecule has 1 amide bonds. The van der Waals surface area contributed by atoms with Gasteiger partial charge in [0.2, 0.25) is 0 Å². The van der Waals surface area contributed by atoms with Crippen LogP contribution in [-0.2, 0) is 0 Å². The molecule has 0 bridgehead atoms. The van der Waals surface area contributed by atoms with Crippen molar-refractivity contribution in [1.82, 2.24) is 5.32 Å². The number of methoxy groups -OCH3 is 1. The topological polar surface area (TPSA) is 81.5 Å². The van der Waals surface area contributed by atoms with Crippen molar-refractivity contribution < 1.29 is 14.5 Å². The Morgan fingerprint density at radius 3 is 2.50 bits per heavy atom. The summed E-state index contributed by atoms with van der Waals surface area (Å²) in [7, 11) is 1.34. The molecule has 0 aliphatic heterocycles. The largest absolute Gasteiger partial charge is 0.490 e. The number of carbonyl (C=O) groups excluding carboxylic acids is 1. The van der Waals surface area contributed by atoms with Crippen molar-refractivity contribution in [3.63, 3.8) is 0 Å². The summed E-state index contributed by atoms with van der Waals surface area (Å²) in [5.74, 6) is -0.257. The lowest BCUT2D eigenvalue weighted by atomic mass is 10.1. The van der Waals surface area contributed by atoms with E-state index < -0.39 is 10.5 Å². The molecule has 8 heteroatoms. The van der Waals surface area contributed by atoms with Gasteiger partial charge in [0.15, 0.2) is 5.75 Å². The molecule has 0 fully saturated rings. The SMILES string of the molecule is COc1ccc(C(=O)NC(C)(CBr)CBr)cc1[N+](=O)[O-]. The van der Waals surface area contributed by atoms with Gasteiger partial charge < -0.3 is 10.1 Å². The summed E-state index contributed by atoms with van der Waals surface area (Å²) in [6.45, 7) is 1.85. The summed E-state index contributed by atoms with van der Waals surface area (Å²) in [6, 6.07) is 4.10. The van der Waals surface area contributed by atoms with Crippen LogP contribution in [0.2, 0.25) is 0 Å². The van der Waals surface area contributed by atoms with Crippen molar-refractivity contribution in [1.29, 1.82) is 0 Å². The van der Waals surface area contributed by atoms with Gasteiger partial charge in [-0.05, 0) is 19.1 Å². The van der Waals surface area contributed by atoms with Gasteiger partial charge in [-0.25, -0.2) is 0 Å². The molecule has 0 aromatic heterocycles. The summed E-state index contributed by atoms with van der Waals surface area (Å²) >= 11 is 6.64. The highest BCUT2D eigenvalue weighted by Crippen LogP contribution is 2.27. The van der Waals surface area contributed by atoms with Crippen LogP contribution < -0.4 is 10.1 Å². The van der Waals surface area contributed by atoms with Crippen molar-refractivity contribution >= 4 is 43.5 Å². The Kier molecular flexibility index (Phi) is 5.94. The maximum atomic E-state index is 12.1. The van der Waals surface area contributed by atoms with E-state index >= 15 is 0 Å². The standard InChI is InChI=1S/C12H14Br2N2O4/c1-12(6-13,7-14)15-11(17)8-3-4-10(20-2)9(5-8)16(18)19/h3-5H,6-7H2,1-2H3,(H,15,17). The molecule has 0 heterocycles. The van der Waals surface area contributed by atoms with E-state index in [9.17, 15) is 14.9 Å². The van der Waals surface area contributed by atoms with E-state index in [2.05, 4.69) is 37.2 Å². The minimum Gasteiger partial charge on any atom is -0.490 e. The molecule has 20 heavy (non-hydrogen) atoms. The second-order valence-electron chi connectivity index (χ2n) is 4.43. The van der Waals surface area contributed by atoms with Crippen molar-refractivity contribution in [2.45, 2.75) is 12.5 Å². The number of benzene rings is 1. The normalized spacial score (nSPS) is 11.0. The molecule has 1 N–H and O–H groups in total. The van der Waals surface area contributed by atoms with Crippen LogP contribution in [0.3, 0.4) is 0 Å². The number of nitrogens with one attached hydrogen (secondary N) is 1. The first-order chi connectivity index (χ1) is 9.36. The highest BCUT2D eigenvalue weighted by atomic mass is 79.9. The number of hydrogen-bond donors (Lipinski definition) is 1. The van der Waals surface area contributed by atoms with E-state index in [1.807, 2.05) is 6.92 Å². The Labute approximate surface area is 133 Å². The molecule has 0 unspecified atom stereocenters. The number of nitrogens with zero attached hydrogens (tertiary/aromatic N) is 1. The Morgan fingerprint density at radius 2 is 2.05 bits per heavy atom. The van der Waals surface area contributed by atoms with E-state index in [0.29, 0.717) is 10.7 Å². The van der Waals surface area contributed by atoms with E-state index in [1.165, 1.54) is 25.3 Å². The fourth-order valence-electron chi connectivity index (χ4n) is 1.42. The Morgan fingerprint density at radius 1 is 1.45 bits per heavy atom. The Bertz CT molecular complexity index is 518. The average molecular weight is 410 g/mol. The molecule has 1 aromatic rings. The second kappa shape index (κ2) is 7.03. The van der Waals surface area contributed by atoms with Crippen molar-refractivity contribution in [2.24, 2.45) is 0 Å². The summed E-state index contributed by atoms with van der Waals surface area (Å²) in [6.07, 6.45) is 0. The predicted octanol–water partition coefficient (Wildman–Crippen LogP) is 2.88. The third-order valence-electron chi connectivity index (χ3n) is 2.64. The first-order valence-corrected chi connectivity index (χ1v) is 7.88. The van der Waals surface area contributed by atoms with Crippen LogP contribution in [0.15, 0.2) is 18.2 Å². The van der Waals surface area contributed by atoms with Crippen LogP contribution in [0, 0.1) is 10.1 Å². The number of alkyl halides is 2. The van der Waals surface area contributed by atoms with Gasteiger partial charge in [0.25, 0.3) is 5.91 Å². The monoisotopic (exact) mass is 408 g/mol. The maximum absolute atomic E-state index is 12.1. The molecule has 110 valence electrons. The van der Waals surface area contributed by atoms with Gasteiger partial charge in [-0.15, -0.1) is 0 Å². The van der Waals surface area contributed by atoms with Crippen LogP contribution in [-0.4, -0.2) is 34.1 Å². The molecule has 0 saturated heterocycles. The molecule has 0 saturated carbocycles. The third kappa shape index (κ3) is 3.92. The molecular formula is C12H14Br2N2O4. The number of amides is 1. The summed E-state index contributed by atoms with van der Waals surface area (Å²) in [5, 5.41) is 14.9. The summed E-state index contributed by atoms with van der Waals surface area (Å²) < 4.78 is 4.90. The van der Waals surface area contributed by atoms with Gasteiger partial charge in [0, 0.05) is 22.3 Å². The van der Waals surface area contributed by atoms with Crippen LogP contribution >= 0.6 is 31.9 Å². The first kappa shape index (κ1) is 16.9. The number of halogens is 2. The number of carbonyl (C=O) groups is 1. The van der Waals surface area contributed by atoms with E-state index in [4.69, 9.17) is 4.74 Å². The number of ether oxygens (including phenoxy) is 1. The molecule has 0 aliphatic rings. The Hall–Kier alpha value is -1.15. The zero-order valence-corrected chi connectivity index (χ0v) is 14.2. The molecule has 0 atom stereocenters. The third-order valence-corrected chi connectivity index (χ3v) is 5.12. The lowest BCUT2D eigenvalue weighted by Gasteiger charge is -2.26. The minimum atomic E-state index is -0.580. The smallest absolute Gasteiger partial charge is 0.311 e. The zero-order valence-electron chi connectivity index (χ0n) is 11.0. The zero-order chi connectivity index (χ0) is 15.3. The molecular weight excluding hydrogens is 396 g/mol. The van der Waals surface area contributed by atoms with Gasteiger partial charge >= 0.3 is 5.69 Å². The van der Waals surface area contributed by atoms with Crippen molar-refractivity contribution in [2.75, 3.05) is 17.8 Å². The van der Waals surface area contributed by atoms with Crippen LogP contribution in [0.5, 0.6) is 5.75 Å². The molecule has 1 aromatic carbocycles. The first-order valence-electron chi connectivity index (χ1n) is 5.63. The second-order valence-corrected chi connectivity index (χ2v) is 5.55. The number of hydrogen-bond acceptors (Lipinski definition) is 4. The molecule has 1 rings (SSSR count). The fraction of sp³-hybridized carbons (Fsp3) is 0.417. The van der Waals surface area contributed by atoms with Crippen LogP contribution in [0.1, 0.15) is 17.3 Å². The highest BCUT2D eigenvalue weighted by molar-refractivity contribution is 9.09.